The molecule has 1 aliphatic heterocycles. The van der Waals surface area contributed by atoms with Crippen LogP contribution in [0, 0.1) is 0 Å². The summed E-state index contributed by atoms with van der Waals surface area (Å²) in [7, 11) is 0. The fraction of sp³-hybridized carbons (Fsp3) is 0.318. The number of ketones is 3. The van der Waals surface area contributed by atoms with Gasteiger partial charge in [0.25, 0.3) is 0 Å². The number of aryl methyl sites for hydroxylation is 1. The van der Waals surface area contributed by atoms with Gasteiger partial charge in [-0.2, -0.15) is 0 Å². The second-order valence-corrected chi connectivity index (χ2v) is 9.77. The summed E-state index contributed by atoms with van der Waals surface area (Å²) in [5.74, 6) is -0.355. The molecule has 4 aliphatic rings. The van der Waals surface area contributed by atoms with Crippen molar-refractivity contribution in [2.75, 3.05) is 12.3 Å². The first-order valence-electron chi connectivity index (χ1n) is 9.72. The quantitative estimate of drug-likeness (QED) is 0.674. The lowest BCUT2D eigenvalue weighted by Gasteiger charge is -2.39. The molecule has 6 nitrogen and oxygen atoms in total. The number of allylic oxidation sites excluding steroid dienone is 2. The lowest BCUT2D eigenvalue weighted by molar-refractivity contribution is 0.0970. The van der Waals surface area contributed by atoms with Crippen LogP contribution in [0.2, 0.25) is 0 Å². The molecule has 2 aromatic rings. The van der Waals surface area contributed by atoms with Crippen molar-refractivity contribution in [3.63, 3.8) is 0 Å². The molecule has 7 heteroatoms. The van der Waals surface area contributed by atoms with Crippen LogP contribution in [-0.2, 0) is 23.0 Å². The minimum absolute atomic E-state index is 0.0642. The van der Waals surface area contributed by atoms with Crippen molar-refractivity contribution in [2.45, 2.75) is 31.6 Å². The van der Waals surface area contributed by atoms with Gasteiger partial charge in [-0.25, -0.2) is 0 Å². The number of Topliss-reactive ketones (excluding diaryl/α,β-unsaturated/α-hetero) is 2. The van der Waals surface area contributed by atoms with Crippen LogP contribution < -0.4 is 5.32 Å². The van der Waals surface area contributed by atoms with Crippen molar-refractivity contribution in [1.82, 2.24) is 5.32 Å². The minimum atomic E-state index is -1.50. The lowest BCUT2D eigenvalue weighted by Crippen LogP contribution is -2.42. The van der Waals surface area contributed by atoms with Gasteiger partial charge in [0, 0.05) is 27.7 Å². The topological polar surface area (TPSA) is 99.4 Å². The van der Waals surface area contributed by atoms with E-state index >= 15 is 0 Å². The zero-order valence-electron chi connectivity index (χ0n) is 15.7. The molecule has 146 valence electrons. The molecule has 0 fully saturated rings. The summed E-state index contributed by atoms with van der Waals surface area (Å²) >= 11 is -1.50. The van der Waals surface area contributed by atoms with E-state index < -0.39 is 16.6 Å². The molecular weight excluding hydrogens is 390 g/mol. The van der Waals surface area contributed by atoms with E-state index in [2.05, 4.69) is 12.2 Å². The molecule has 3 aliphatic carbocycles. The Labute approximate surface area is 169 Å². The van der Waals surface area contributed by atoms with Gasteiger partial charge in [-0.15, -0.1) is 0 Å². The van der Waals surface area contributed by atoms with E-state index in [0.717, 1.165) is 36.0 Å². The third-order valence-corrected chi connectivity index (χ3v) is 8.13. The number of carbonyl (C=O) groups excluding carboxylic acids is 3. The van der Waals surface area contributed by atoms with E-state index in [9.17, 15) is 18.9 Å². The van der Waals surface area contributed by atoms with E-state index in [1.807, 2.05) is 0 Å². The molecule has 1 N–H and O–H groups in total. The molecule has 0 saturated carbocycles. The molecule has 0 radical (unpaired) electrons. The average molecular weight is 407 g/mol. The van der Waals surface area contributed by atoms with E-state index in [1.165, 1.54) is 0 Å². The van der Waals surface area contributed by atoms with Crippen molar-refractivity contribution < 1.29 is 23.4 Å². The molecule has 0 amide bonds. The maximum Gasteiger partial charge on any atom is 0.243 e. The summed E-state index contributed by atoms with van der Waals surface area (Å²) in [6.45, 7) is 2.45. The molecule has 1 aromatic heterocycles. The third-order valence-electron chi connectivity index (χ3n) is 6.71. The number of nitrogens with one attached hydrogen (secondary N) is 1. The Kier molecular flexibility index (Phi) is 3.26. The van der Waals surface area contributed by atoms with E-state index in [1.54, 1.807) is 18.4 Å². The Balaban J connectivity index is 1.62. The number of furan rings is 1. The minimum Gasteiger partial charge on any atom is -0.611 e. The molecule has 6 rings (SSSR count). The number of fused-ring (bicyclic) bond motifs is 3. The van der Waals surface area contributed by atoms with Gasteiger partial charge in [-0.1, -0.05) is 6.92 Å². The fourth-order valence-electron chi connectivity index (χ4n) is 5.34. The Morgan fingerprint density at radius 1 is 1.10 bits per heavy atom. The van der Waals surface area contributed by atoms with Crippen molar-refractivity contribution in [3.05, 3.63) is 68.1 Å². The fourth-order valence-corrected chi connectivity index (χ4v) is 6.54. The first-order valence-corrected chi connectivity index (χ1v) is 11.0. The third kappa shape index (κ3) is 1.99. The molecule has 0 bridgehead atoms. The summed E-state index contributed by atoms with van der Waals surface area (Å²) in [5, 5.41) is 2.93. The zero-order chi connectivity index (χ0) is 20.1. The molecule has 0 spiro atoms. The Morgan fingerprint density at radius 3 is 2.72 bits per heavy atom. The largest absolute Gasteiger partial charge is 0.611 e. The van der Waals surface area contributed by atoms with Gasteiger partial charge in [-0.3, -0.25) is 14.4 Å². The highest BCUT2D eigenvalue weighted by molar-refractivity contribution is 7.96. The van der Waals surface area contributed by atoms with Crippen LogP contribution in [0.15, 0.2) is 33.4 Å². The number of rotatable bonds is 0. The van der Waals surface area contributed by atoms with Crippen molar-refractivity contribution in [2.24, 2.45) is 0 Å². The second-order valence-electron chi connectivity index (χ2n) is 8.26. The molecular formula is C22H17NO5S. The smallest absolute Gasteiger partial charge is 0.243 e. The number of hydrogen-bond acceptors (Lipinski definition) is 6. The zero-order valence-corrected chi connectivity index (χ0v) is 16.5. The molecule has 2 heterocycles. The van der Waals surface area contributed by atoms with Gasteiger partial charge in [0.05, 0.1) is 12.8 Å². The summed E-state index contributed by atoms with van der Waals surface area (Å²) in [5.41, 5.74) is 3.24. The molecule has 2 atom stereocenters. The predicted octanol–water partition coefficient (Wildman–Crippen LogP) is 2.41. The van der Waals surface area contributed by atoms with Crippen LogP contribution in [0.4, 0.5) is 0 Å². The maximum atomic E-state index is 13.2. The van der Waals surface area contributed by atoms with Gasteiger partial charge in [0.15, 0.2) is 5.76 Å². The number of hydrogen-bond donors (Lipinski definition) is 1. The van der Waals surface area contributed by atoms with Crippen molar-refractivity contribution >= 4 is 28.5 Å². The first-order chi connectivity index (χ1) is 13.9. The first kappa shape index (κ1) is 17.2. The monoisotopic (exact) mass is 407 g/mol. The Hall–Kier alpha value is -2.64. The predicted molar refractivity (Wildman–Crippen MR) is 105 cm³/mol. The molecule has 1 aromatic carbocycles. The van der Waals surface area contributed by atoms with Crippen molar-refractivity contribution in [3.8, 4) is 0 Å². The summed E-state index contributed by atoms with van der Waals surface area (Å²) < 4.78 is 18.1. The molecule has 0 saturated heterocycles. The standard InChI is InChI=1S/C22H17NO5S/c1-22-4-2-3-10-9-28-20(15(10)22)18(25)13-7-11-12(8-14(13)22)19(26)21-16(17(11)24)23-5-6-29(21)27/h7-9,23H,2-6H2,1H3. The molecule has 2 unspecified atom stereocenters. The van der Waals surface area contributed by atoms with E-state index in [4.69, 9.17) is 4.42 Å². The average Bonchev–Trinajstić information content (AvgIpc) is 3.16. The van der Waals surface area contributed by atoms with E-state index in [-0.39, 0.29) is 39.1 Å². The SMILES string of the molecule is CC12CCCc3coc(c31)C(=O)c1cc3c(cc12)C(=O)C1=C(NCC[S+]1[O-])C3=O. The molecule has 29 heavy (non-hydrogen) atoms. The second kappa shape index (κ2) is 5.49. The Bertz CT molecular complexity index is 1210. The maximum absolute atomic E-state index is 13.2. The van der Waals surface area contributed by atoms with Gasteiger partial charge in [-0.05, 0) is 53.7 Å². The highest BCUT2D eigenvalue weighted by Gasteiger charge is 2.48. The van der Waals surface area contributed by atoms with E-state index in [0.29, 0.717) is 23.6 Å². The summed E-state index contributed by atoms with van der Waals surface area (Å²) in [6.07, 6.45) is 4.30. The van der Waals surface area contributed by atoms with Crippen LogP contribution in [-0.4, -0.2) is 34.2 Å². The highest BCUT2D eigenvalue weighted by atomic mass is 32.2. The van der Waals surface area contributed by atoms with Crippen LogP contribution in [0.3, 0.4) is 0 Å². The number of benzene rings is 1. The van der Waals surface area contributed by atoms with Crippen molar-refractivity contribution in [1.29, 1.82) is 0 Å². The van der Waals surface area contributed by atoms with Crippen LogP contribution >= 0.6 is 0 Å². The normalized spacial score (nSPS) is 27.1. The summed E-state index contributed by atoms with van der Waals surface area (Å²) in [6, 6.07) is 3.24. The van der Waals surface area contributed by atoms with Gasteiger partial charge >= 0.3 is 0 Å². The lowest BCUT2D eigenvalue weighted by atomic mass is 9.62. The Morgan fingerprint density at radius 2 is 1.90 bits per heavy atom. The van der Waals surface area contributed by atoms with Crippen LogP contribution in [0.25, 0.3) is 0 Å². The van der Waals surface area contributed by atoms with Crippen LogP contribution in [0.1, 0.15) is 73.3 Å². The summed E-state index contributed by atoms with van der Waals surface area (Å²) in [4.78, 5) is 39.5. The number of carbonyl (C=O) groups is 3. The van der Waals surface area contributed by atoms with Gasteiger partial charge < -0.3 is 14.3 Å². The van der Waals surface area contributed by atoms with Gasteiger partial charge in [0.2, 0.25) is 22.3 Å². The highest BCUT2D eigenvalue weighted by Crippen LogP contribution is 2.50. The van der Waals surface area contributed by atoms with Crippen LogP contribution in [0.5, 0.6) is 0 Å². The van der Waals surface area contributed by atoms with Gasteiger partial charge in [0.1, 0.15) is 11.4 Å².